The Hall–Kier alpha value is -1.93. The smallest absolute Gasteiger partial charge is 0.133 e. The van der Waals surface area contributed by atoms with Crippen molar-refractivity contribution in [2.45, 2.75) is 12.5 Å². The zero-order valence-corrected chi connectivity index (χ0v) is 10.1. The van der Waals surface area contributed by atoms with E-state index in [2.05, 4.69) is 15.7 Å². The number of nitrogens with one attached hydrogen (secondary N) is 1. The van der Waals surface area contributed by atoms with Crippen molar-refractivity contribution in [2.24, 2.45) is 12.9 Å². The van der Waals surface area contributed by atoms with Gasteiger partial charge in [0.25, 0.3) is 0 Å². The van der Waals surface area contributed by atoms with Crippen LogP contribution in [0, 0.1) is 17.5 Å². The molecule has 0 bridgehead atoms. The van der Waals surface area contributed by atoms with Crippen LogP contribution in [0.4, 0.5) is 13.2 Å². The monoisotopic (exact) mass is 271 g/mol. The normalized spacial score (nSPS) is 12.7. The fraction of sp³-hybridized carbons (Fsp3) is 0.273. The predicted octanol–water partition coefficient (Wildman–Crippen LogP) is 0.979. The largest absolute Gasteiger partial charge is 0.271 e. The number of rotatable bonds is 4. The Morgan fingerprint density at radius 1 is 1.32 bits per heavy atom. The molecule has 0 fully saturated rings. The quantitative estimate of drug-likeness (QED) is 0.642. The van der Waals surface area contributed by atoms with Crippen LogP contribution in [0.5, 0.6) is 0 Å². The summed E-state index contributed by atoms with van der Waals surface area (Å²) in [5.41, 5.74) is 2.48. The highest BCUT2D eigenvalue weighted by molar-refractivity contribution is 5.25. The van der Waals surface area contributed by atoms with Gasteiger partial charge in [-0.15, -0.1) is 5.10 Å². The van der Waals surface area contributed by atoms with Crippen molar-refractivity contribution in [3.63, 3.8) is 0 Å². The van der Waals surface area contributed by atoms with Gasteiger partial charge in [0.1, 0.15) is 17.5 Å². The number of halogens is 3. The van der Waals surface area contributed by atoms with E-state index < -0.39 is 23.5 Å². The van der Waals surface area contributed by atoms with Gasteiger partial charge in [-0.3, -0.25) is 16.0 Å². The second kappa shape index (κ2) is 5.37. The summed E-state index contributed by atoms with van der Waals surface area (Å²) in [6.45, 7) is 0. The summed E-state index contributed by atoms with van der Waals surface area (Å²) in [6, 6.07) is 0.357. The molecular formula is C11H12F3N5. The van der Waals surface area contributed by atoms with Gasteiger partial charge in [0.05, 0.1) is 11.7 Å². The highest BCUT2D eigenvalue weighted by Crippen LogP contribution is 2.24. The summed E-state index contributed by atoms with van der Waals surface area (Å²) in [7, 11) is 1.67. The van der Waals surface area contributed by atoms with E-state index in [-0.39, 0.29) is 12.0 Å². The molecule has 2 rings (SSSR count). The van der Waals surface area contributed by atoms with Gasteiger partial charge in [0, 0.05) is 37.4 Å². The zero-order chi connectivity index (χ0) is 14.0. The molecule has 0 aliphatic carbocycles. The number of aromatic nitrogens is 3. The van der Waals surface area contributed by atoms with Crippen molar-refractivity contribution in [3.8, 4) is 0 Å². The molecule has 1 atom stereocenters. The lowest BCUT2D eigenvalue weighted by molar-refractivity contribution is 0.459. The summed E-state index contributed by atoms with van der Waals surface area (Å²) >= 11 is 0. The van der Waals surface area contributed by atoms with Crippen molar-refractivity contribution in [3.05, 3.63) is 47.0 Å². The molecule has 5 nitrogen and oxygen atoms in total. The molecule has 0 amide bonds. The van der Waals surface area contributed by atoms with Crippen LogP contribution < -0.4 is 11.3 Å². The average molecular weight is 271 g/mol. The number of hydrogen-bond donors (Lipinski definition) is 2. The fourth-order valence-electron chi connectivity index (χ4n) is 1.83. The summed E-state index contributed by atoms with van der Waals surface area (Å²) in [5.74, 6) is 2.33. The van der Waals surface area contributed by atoms with Crippen LogP contribution in [0.2, 0.25) is 0 Å². The number of hydrogen-bond acceptors (Lipinski definition) is 4. The lowest BCUT2D eigenvalue weighted by atomic mass is 10.0. The van der Waals surface area contributed by atoms with Crippen LogP contribution in [0.1, 0.15) is 17.3 Å². The summed E-state index contributed by atoms with van der Waals surface area (Å²) in [5, 5.41) is 7.51. The van der Waals surface area contributed by atoms with Crippen molar-refractivity contribution in [2.75, 3.05) is 0 Å². The van der Waals surface area contributed by atoms with Crippen LogP contribution in [-0.4, -0.2) is 15.0 Å². The highest BCUT2D eigenvalue weighted by atomic mass is 19.1. The first kappa shape index (κ1) is 13.5. The van der Waals surface area contributed by atoms with Gasteiger partial charge in [0.2, 0.25) is 0 Å². The Balaban J connectivity index is 2.32. The molecule has 0 saturated carbocycles. The Morgan fingerprint density at radius 2 is 1.95 bits per heavy atom. The highest BCUT2D eigenvalue weighted by Gasteiger charge is 2.21. The molecule has 1 heterocycles. The Labute approximate surface area is 107 Å². The van der Waals surface area contributed by atoms with Crippen LogP contribution >= 0.6 is 0 Å². The topological polar surface area (TPSA) is 68.8 Å². The number of nitrogens with zero attached hydrogens (tertiary/aromatic N) is 3. The minimum Gasteiger partial charge on any atom is -0.271 e. The molecule has 102 valence electrons. The molecule has 0 radical (unpaired) electrons. The van der Waals surface area contributed by atoms with Gasteiger partial charge in [-0.2, -0.15) is 0 Å². The Bertz CT molecular complexity index is 560. The van der Waals surface area contributed by atoms with E-state index in [1.54, 1.807) is 13.2 Å². The minimum atomic E-state index is -0.996. The van der Waals surface area contributed by atoms with E-state index in [0.717, 1.165) is 0 Å². The van der Waals surface area contributed by atoms with Crippen molar-refractivity contribution in [1.82, 2.24) is 20.4 Å². The zero-order valence-electron chi connectivity index (χ0n) is 10.1. The maximum absolute atomic E-state index is 13.6. The third kappa shape index (κ3) is 2.91. The molecule has 2 aromatic rings. The molecule has 1 aromatic heterocycles. The number of benzene rings is 1. The lowest BCUT2D eigenvalue weighted by Gasteiger charge is -2.16. The van der Waals surface area contributed by atoms with E-state index in [1.165, 1.54) is 4.68 Å². The second-order valence-electron chi connectivity index (χ2n) is 4.09. The molecule has 8 heteroatoms. The van der Waals surface area contributed by atoms with Crippen molar-refractivity contribution < 1.29 is 13.2 Å². The molecule has 0 saturated heterocycles. The van der Waals surface area contributed by atoms with Gasteiger partial charge in [-0.25, -0.2) is 13.2 Å². The average Bonchev–Trinajstić information content (AvgIpc) is 2.72. The summed E-state index contributed by atoms with van der Waals surface area (Å²) in [4.78, 5) is 0. The first-order chi connectivity index (χ1) is 9.01. The molecular weight excluding hydrogens is 259 g/mol. The third-order valence-corrected chi connectivity index (χ3v) is 2.66. The van der Waals surface area contributed by atoms with Crippen LogP contribution in [0.15, 0.2) is 18.3 Å². The van der Waals surface area contributed by atoms with Crippen LogP contribution in [0.25, 0.3) is 0 Å². The molecule has 1 unspecified atom stereocenters. The number of hydrazine groups is 1. The fourth-order valence-corrected chi connectivity index (χ4v) is 1.83. The van der Waals surface area contributed by atoms with Gasteiger partial charge >= 0.3 is 0 Å². The number of nitrogens with two attached hydrogens (primary N) is 1. The molecule has 0 spiro atoms. The van der Waals surface area contributed by atoms with Crippen LogP contribution in [0.3, 0.4) is 0 Å². The summed E-state index contributed by atoms with van der Waals surface area (Å²) in [6.07, 6.45) is 1.73. The van der Waals surface area contributed by atoms with Crippen molar-refractivity contribution >= 4 is 0 Å². The molecule has 0 aliphatic rings. The standard InChI is InChI=1S/C11H12F3N5/c1-19-5-7(17-18-19)4-10(16-15)11-8(13)2-6(12)3-9(11)14/h2-3,5,10,16H,4,15H2,1H3. The maximum atomic E-state index is 13.6. The van der Waals surface area contributed by atoms with Gasteiger partial charge in [-0.05, 0) is 0 Å². The second-order valence-corrected chi connectivity index (χ2v) is 4.09. The van der Waals surface area contributed by atoms with Gasteiger partial charge < -0.3 is 0 Å². The molecule has 3 N–H and O–H groups in total. The first-order valence-electron chi connectivity index (χ1n) is 5.47. The number of aryl methyl sites for hydroxylation is 1. The minimum absolute atomic E-state index is 0.129. The molecule has 0 aliphatic heterocycles. The van der Waals surface area contributed by atoms with Gasteiger partial charge in [-0.1, -0.05) is 5.21 Å². The Kier molecular flexibility index (Phi) is 3.82. The third-order valence-electron chi connectivity index (χ3n) is 2.66. The maximum Gasteiger partial charge on any atom is 0.133 e. The molecule has 1 aromatic carbocycles. The van der Waals surface area contributed by atoms with E-state index in [9.17, 15) is 13.2 Å². The molecule has 19 heavy (non-hydrogen) atoms. The van der Waals surface area contributed by atoms with E-state index in [0.29, 0.717) is 17.8 Å². The van der Waals surface area contributed by atoms with Crippen LogP contribution in [-0.2, 0) is 13.5 Å². The predicted molar refractivity (Wildman–Crippen MR) is 61.1 cm³/mol. The SMILES string of the molecule is Cn1cc(CC(NN)c2c(F)cc(F)cc2F)nn1. The first-order valence-corrected chi connectivity index (χ1v) is 5.47. The lowest BCUT2D eigenvalue weighted by Crippen LogP contribution is -2.31. The van der Waals surface area contributed by atoms with E-state index in [1.807, 2.05) is 0 Å². The van der Waals surface area contributed by atoms with E-state index in [4.69, 9.17) is 5.84 Å². The van der Waals surface area contributed by atoms with E-state index >= 15 is 0 Å². The Morgan fingerprint density at radius 3 is 2.42 bits per heavy atom. The van der Waals surface area contributed by atoms with Crippen molar-refractivity contribution in [1.29, 1.82) is 0 Å². The summed E-state index contributed by atoms with van der Waals surface area (Å²) < 4.78 is 41.6. The van der Waals surface area contributed by atoms with Gasteiger partial charge in [0.15, 0.2) is 0 Å².